The van der Waals surface area contributed by atoms with E-state index in [0.717, 1.165) is 13.1 Å². The third-order valence-corrected chi connectivity index (χ3v) is 2.05. The van der Waals surface area contributed by atoms with Crippen LogP contribution in [0, 0.1) is 0 Å². The number of likely N-dealkylation sites (N-methyl/N-ethyl adjacent to an activating group) is 1. The van der Waals surface area contributed by atoms with Crippen molar-refractivity contribution in [3.63, 3.8) is 0 Å². The van der Waals surface area contributed by atoms with Crippen LogP contribution in [0.5, 0.6) is 0 Å². The van der Waals surface area contributed by atoms with Gasteiger partial charge in [-0.05, 0) is 0 Å². The number of nitrogens with zero attached hydrogens (tertiary/aromatic N) is 2. The molecule has 1 aromatic heterocycles. The SMILES string of the molecule is CC(C)NCCN(C)c1ncc[nH]c1=O. The summed E-state index contributed by atoms with van der Waals surface area (Å²) in [6.45, 7) is 5.78. The van der Waals surface area contributed by atoms with Gasteiger partial charge in [-0.1, -0.05) is 13.8 Å². The zero-order valence-corrected chi connectivity index (χ0v) is 9.45. The maximum atomic E-state index is 11.4. The number of hydrogen-bond donors (Lipinski definition) is 2. The molecule has 0 spiro atoms. The molecule has 0 saturated carbocycles. The predicted molar refractivity (Wildman–Crippen MR) is 61.3 cm³/mol. The molecule has 5 nitrogen and oxygen atoms in total. The van der Waals surface area contributed by atoms with Crippen LogP contribution in [-0.4, -0.2) is 36.1 Å². The molecule has 0 aliphatic heterocycles. The molecule has 5 heteroatoms. The predicted octanol–water partition coefficient (Wildman–Crippen LogP) is 0.204. The molecular formula is C10H18N4O. The van der Waals surface area contributed by atoms with Crippen molar-refractivity contribution in [3.8, 4) is 0 Å². The Kier molecular flexibility index (Phi) is 4.30. The number of aromatic amines is 1. The number of hydrogen-bond acceptors (Lipinski definition) is 4. The van der Waals surface area contributed by atoms with Crippen molar-refractivity contribution in [2.45, 2.75) is 19.9 Å². The number of anilines is 1. The van der Waals surface area contributed by atoms with Crippen molar-refractivity contribution in [3.05, 3.63) is 22.7 Å². The van der Waals surface area contributed by atoms with Crippen LogP contribution in [0.2, 0.25) is 0 Å². The Hall–Kier alpha value is -1.36. The van der Waals surface area contributed by atoms with E-state index in [4.69, 9.17) is 0 Å². The normalized spacial score (nSPS) is 10.7. The van der Waals surface area contributed by atoms with Crippen LogP contribution in [0.15, 0.2) is 17.2 Å². The van der Waals surface area contributed by atoms with Gasteiger partial charge < -0.3 is 15.2 Å². The number of aromatic nitrogens is 2. The van der Waals surface area contributed by atoms with E-state index in [1.54, 1.807) is 6.20 Å². The minimum absolute atomic E-state index is 0.149. The molecule has 0 bridgehead atoms. The minimum atomic E-state index is -0.149. The molecule has 1 heterocycles. The van der Waals surface area contributed by atoms with Crippen LogP contribution in [0.3, 0.4) is 0 Å². The van der Waals surface area contributed by atoms with Crippen molar-refractivity contribution in [1.29, 1.82) is 0 Å². The second kappa shape index (κ2) is 5.50. The van der Waals surface area contributed by atoms with Crippen LogP contribution < -0.4 is 15.8 Å². The van der Waals surface area contributed by atoms with Crippen LogP contribution in [0.1, 0.15) is 13.8 Å². The highest BCUT2D eigenvalue weighted by Crippen LogP contribution is 1.97. The zero-order chi connectivity index (χ0) is 11.3. The van der Waals surface area contributed by atoms with Crippen LogP contribution in [0.4, 0.5) is 5.82 Å². The second-order valence-electron chi connectivity index (χ2n) is 3.77. The van der Waals surface area contributed by atoms with Crippen molar-refractivity contribution >= 4 is 5.82 Å². The number of nitrogens with one attached hydrogen (secondary N) is 2. The molecule has 0 atom stereocenters. The zero-order valence-electron chi connectivity index (χ0n) is 9.45. The van der Waals surface area contributed by atoms with E-state index in [1.165, 1.54) is 6.20 Å². The van der Waals surface area contributed by atoms with Gasteiger partial charge in [0.1, 0.15) is 0 Å². The maximum absolute atomic E-state index is 11.4. The number of rotatable bonds is 5. The van der Waals surface area contributed by atoms with Crippen molar-refractivity contribution in [2.24, 2.45) is 0 Å². The summed E-state index contributed by atoms with van der Waals surface area (Å²) >= 11 is 0. The lowest BCUT2D eigenvalue weighted by Crippen LogP contribution is -2.35. The van der Waals surface area contributed by atoms with Gasteiger partial charge in [0.25, 0.3) is 5.56 Å². The molecule has 2 N–H and O–H groups in total. The molecule has 0 fully saturated rings. The Morgan fingerprint density at radius 2 is 2.33 bits per heavy atom. The summed E-state index contributed by atoms with van der Waals surface area (Å²) in [6.07, 6.45) is 3.12. The average Bonchev–Trinajstić information content (AvgIpc) is 2.17. The third-order valence-electron chi connectivity index (χ3n) is 2.05. The van der Waals surface area contributed by atoms with Crippen LogP contribution in [-0.2, 0) is 0 Å². The quantitative estimate of drug-likeness (QED) is 0.729. The first kappa shape index (κ1) is 11.7. The molecule has 0 aromatic carbocycles. The molecule has 84 valence electrons. The van der Waals surface area contributed by atoms with E-state index in [-0.39, 0.29) is 5.56 Å². The van der Waals surface area contributed by atoms with Gasteiger partial charge in [0.15, 0.2) is 5.82 Å². The van der Waals surface area contributed by atoms with Gasteiger partial charge in [-0.25, -0.2) is 4.98 Å². The largest absolute Gasteiger partial charge is 0.354 e. The first-order valence-corrected chi connectivity index (χ1v) is 5.09. The fourth-order valence-electron chi connectivity index (χ4n) is 1.24. The van der Waals surface area contributed by atoms with E-state index in [1.807, 2.05) is 11.9 Å². The van der Waals surface area contributed by atoms with E-state index in [0.29, 0.717) is 11.9 Å². The van der Waals surface area contributed by atoms with Gasteiger partial charge in [0.05, 0.1) is 0 Å². The summed E-state index contributed by atoms with van der Waals surface area (Å²) in [6, 6.07) is 0.459. The Morgan fingerprint density at radius 3 is 2.93 bits per heavy atom. The van der Waals surface area contributed by atoms with E-state index in [2.05, 4.69) is 29.1 Å². The molecule has 0 radical (unpaired) electrons. The summed E-state index contributed by atoms with van der Waals surface area (Å²) in [4.78, 5) is 19.8. The molecule has 0 aliphatic rings. The highest BCUT2D eigenvalue weighted by molar-refractivity contribution is 5.33. The standard InChI is InChI=1S/C10H18N4O/c1-8(2)11-6-7-14(3)9-10(15)13-5-4-12-9/h4-5,8,11H,6-7H2,1-3H3,(H,13,15). The summed E-state index contributed by atoms with van der Waals surface area (Å²) in [7, 11) is 1.86. The van der Waals surface area contributed by atoms with Crippen molar-refractivity contribution in [2.75, 3.05) is 25.0 Å². The third kappa shape index (κ3) is 3.71. The van der Waals surface area contributed by atoms with Gasteiger partial charge >= 0.3 is 0 Å². The summed E-state index contributed by atoms with van der Waals surface area (Å²) in [5, 5.41) is 3.28. The van der Waals surface area contributed by atoms with Gasteiger partial charge in [0, 0.05) is 38.6 Å². The first-order valence-electron chi connectivity index (χ1n) is 5.09. The van der Waals surface area contributed by atoms with E-state index >= 15 is 0 Å². The second-order valence-corrected chi connectivity index (χ2v) is 3.77. The maximum Gasteiger partial charge on any atom is 0.290 e. The highest BCUT2D eigenvalue weighted by Gasteiger charge is 2.05. The molecule has 0 aliphatic carbocycles. The van der Waals surface area contributed by atoms with E-state index in [9.17, 15) is 4.79 Å². The fraction of sp³-hybridized carbons (Fsp3) is 0.600. The summed E-state index contributed by atoms with van der Waals surface area (Å²) in [5.74, 6) is 0.461. The molecule has 15 heavy (non-hydrogen) atoms. The Morgan fingerprint density at radius 1 is 1.60 bits per heavy atom. The van der Waals surface area contributed by atoms with E-state index < -0.39 is 0 Å². The molecule has 0 saturated heterocycles. The molecule has 1 aromatic rings. The topological polar surface area (TPSA) is 61.0 Å². The molecule has 0 unspecified atom stereocenters. The average molecular weight is 210 g/mol. The van der Waals surface area contributed by atoms with Gasteiger partial charge in [0.2, 0.25) is 0 Å². The van der Waals surface area contributed by atoms with Crippen molar-refractivity contribution in [1.82, 2.24) is 15.3 Å². The minimum Gasteiger partial charge on any atom is -0.354 e. The Balaban J connectivity index is 2.51. The monoisotopic (exact) mass is 210 g/mol. The Labute approximate surface area is 89.5 Å². The fourth-order valence-corrected chi connectivity index (χ4v) is 1.24. The lowest BCUT2D eigenvalue weighted by Gasteiger charge is -2.17. The first-order chi connectivity index (χ1) is 7.11. The Bertz CT molecular complexity index is 347. The lowest BCUT2D eigenvalue weighted by atomic mass is 10.4. The summed E-state index contributed by atoms with van der Waals surface area (Å²) < 4.78 is 0. The van der Waals surface area contributed by atoms with Gasteiger partial charge in [-0.3, -0.25) is 4.79 Å². The molecule has 0 amide bonds. The number of H-pyrrole nitrogens is 1. The van der Waals surface area contributed by atoms with Gasteiger partial charge in [-0.2, -0.15) is 0 Å². The molecule has 1 rings (SSSR count). The lowest BCUT2D eigenvalue weighted by molar-refractivity contribution is 0.588. The molecular weight excluding hydrogens is 192 g/mol. The highest BCUT2D eigenvalue weighted by atomic mass is 16.1. The van der Waals surface area contributed by atoms with Crippen LogP contribution >= 0.6 is 0 Å². The van der Waals surface area contributed by atoms with Crippen molar-refractivity contribution < 1.29 is 0 Å². The smallest absolute Gasteiger partial charge is 0.290 e. The van der Waals surface area contributed by atoms with Gasteiger partial charge in [-0.15, -0.1) is 0 Å². The summed E-state index contributed by atoms with van der Waals surface area (Å²) in [5.41, 5.74) is -0.149. The van der Waals surface area contributed by atoms with Crippen LogP contribution in [0.25, 0.3) is 0 Å².